The van der Waals surface area contributed by atoms with Crippen molar-refractivity contribution in [1.82, 2.24) is 15.0 Å². The predicted molar refractivity (Wildman–Crippen MR) is 64.0 cm³/mol. The van der Waals surface area contributed by atoms with E-state index < -0.39 is 0 Å². The van der Waals surface area contributed by atoms with Gasteiger partial charge in [-0.1, -0.05) is 11.6 Å². The summed E-state index contributed by atoms with van der Waals surface area (Å²) in [6, 6.07) is 3.31. The lowest BCUT2D eigenvalue weighted by Crippen LogP contribution is -2.13. The summed E-state index contributed by atoms with van der Waals surface area (Å²) in [7, 11) is 0. The van der Waals surface area contributed by atoms with Crippen molar-refractivity contribution < 1.29 is 4.79 Å². The highest BCUT2D eigenvalue weighted by Crippen LogP contribution is 2.09. The Balaban J connectivity index is 2.17. The molecule has 0 unspecified atom stereocenters. The molecule has 0 aliphatic heterocycles. The highest BCUT2D eigenvalue weighted by atomic mass is 35.5. The second kappa shape index (κ2) is 4.88. The highest BCUT2D eigenvalue weighted by Gasteiger charge is 2.07. The Kier molecular flexibility index (Phi) is 3.30. The van der Waals surface area contributed by atoms with Gasteiger partial charge in [-0.15, -0.1) is 0 Å². The monoisotopic (exact) mass is 248 g/mol. The van der Waals surface area contributed by atoms with Crippen LogP contribution in [0.3, 0.4) is 0 Å². The zero-order valence-corrected chi connectivity index (χ0v) is 9.77. The summed E-state index contributed by atoms with van der Waals surface area (Å²) in [5.41, 5.74) is 1.29. The van der Waals surface area contributed by atoms with E-state index in [0.29, 0.717) is 11.4 Å². The maximum Gasteiger partial charge on any atom is 0.256 e. The molecule has 2 heterocycles. The molecule has 0 radical (unpaired) electrons. The van der Waals surface area contributed by atoms with Gasteiger partial charge in [-0.25, -0.2) is 4.98 Å². The average Bonchev–Trinajstić information content (AvgIpc) is 2.29. The van der Waals surface area contributed by atoms with Gasteiger partial charge in [-0.2, -0.15) is 0 Å². The Hall–Kier alpha value is -2.01. The van der Waals surface area contributed by atoms with E-state index in [9.17, 15) is 4.79 Å². The molecule has 5 nitrogen and oxygen atoms in total. The lowest BCUT2D eigenvalue weighted by Gasteiger charge is -2.04. The molecule has 0 spiro atoms. The van der Waals surface area contributed by atoms with Crippen molar-refractivity contribution >= 4 is 23.3 Å². The SMILES string of the molecule is Cc1cc(C(=O)Nc2cncc(Cl)n2)ccn1. The van der Waals surface area contributed by atoms with Gasteiger partial charge in [0.15, 0.2) is 5.82 Å². The number of nitrogens with one attached hydrogen (secondary N) is 1. The third-order valence-corrected chi connectivity index (χ3v) is 2.19. The van der Waals surface area contributed by atoms with Crippen LogP contribution in [-0.4, -0.2) is 20.9 Å². The van der Waals surface area contributed by atoms with Crippen molar-refractivity contribution in [3.63, 3.8) is 0 Å². The summed E-state index contributed by atoms with van der Waals surface area (Å²) in [4.78, 5) is 23.6. The van der Waals surface area contributed by atoms with Crippen molar-refractivity contribution in [3.8, 4) is 0 Å². The van der Waals surface area contributed by atoms with Crippen LogP contribution < -0.4 is 5.32 Å². The summed E-state index contributed by atoms with van der Waals surface area (Å²) in [6.45, 7) is 1.82. The van der Waals surface area contributed by atoms with E-state index in [4.69, 9.17) is 11.6 Å². The number of carbonyl (C=O) groups is 1. The van der Waals surface area contributed by atoms with Crippen LogP contribution in [0.25, 0.3) is 0 Å². The Morgan fingerprint density at radius 3 is 2.94 bits per heavy atom. The van der Waals surface area contributed by atoms with Gasteiger partial charge < -0.3 is 5.32 Å². The number of pyridine rings is 1. The fourth-order valence-electron chi connectivity index (χ4n) is 1.28. The van der Waals surface area contributed by atoms with Crippen LogP contribution in [0.1, 0.15) is 16.1 Å². The number of halogens is 1. The van der Waals surface area contributed by atoms with Crippen molar-refractivity contribution in [1.29, 1.82) is 0 Å². The number of amides is 1. The van der Waals surface area contributed by atoms with E-state index in [0.717, 1.165) is 5.69 Å². The van der Waals surface area contributed by atoms with Crippen LogP contribution in [0.4, 0.5) is 5.82 Å². The third kappa shape index (κ3) is 2.98. The molecule has 17 heavy (non-hydrogen) atoms. The number of hydrogen-bond donors (Lipinski definition) is 1. The van der Waals surface area contributed by atoms with E-state index in [1.54, 1.807) is 18.3 Å². The molecule has 0 saturated heterocycles. The molecule has 2 aromatic rings. The van der Waals surface area contributed by atoms with Crippen LogP contribution in [-0.2, 0) is 0 Å². The minimum Gasteiger partial charge on any atom is -0.305 e. The van der Waals surface area contributed by atoms with Crippen molar-refractivity contribution in [2.45, 2.75) is 6.92 Å². The van der Waals surface area contributed by atoms with E-state index in [2.05, 4.69) is 20.3 Å². The number of nitrogens with zero attached hydrogens (tertiary/aromatic N) is 3. The second-order valence-electron chi connectivity index (χ2n) is 3.37. The summed E-state index contributed by atoms with van der Waals surface area (Å²) >= 11 is 5.66. The van der Waals surface area contributed by atoms with Crippen molar-refractivity contribution in [2.24, 2.45) is 0 Å². The fraction of sp³-hybridized carbons (Fsp3) is 0.0909. The first-order valence-corrected chi connectivity index (χ1v) is 5.24. The Morgan fingerprint density at radius 2 is 2.24 bits per heavy atom. The molecule has 0 saturated carbocycles. The summed E-state index contributed by atoms with van der Waals surface area (Å²) in [5.74, 6) is 0.0454. The Bertz CT molecular complexity index is 559. The van der Waals surface area contributed by atoms with E-state index in [1.165, 1.54) is 12.4 Å². The molecule has 2 aromatic heterocycles. The Morgan fingerprint density at radius 1 is 1.41 bits per heavy atom. The van der Waals surface area contributed by atoms with E-state index in [1.807, 2.05) is 6.92 Å². The molecule has 1 amide bonds. The van der Waals surface area contributed by atoms with Crippen LogP contribution >= 0.6 is 11.6 Å². The summed E-state index contributed by atoms with van der Waals surface area (Å²) in [5, 5.41) is 2.83. The minimum absolute atomic E-state index is 0.230. The van der Waals surface area contributed by atoms with E-state index >= 15 is 0 Å². The van der Waals surface area contributed by atoms with Crippen molar-refractivity contribution in [3.05, 3.63) is 47.1 Å². The van der Waals surface area contributed by atoms with Gasteiger partial charge in [0.05, 0.1) is 12.4 Å². The molecule has 0 aliphatic rings. The predicted octanol–water partition coefficient (Wildman–Crippen LogP) is 2.09. The standard InChI is InChI=1S/C11H9ClN4O/c1-7-4-8(2-3-14-7)11(17)16-10-6-13-5-9(12)15-10/h2-6H,1H3,(H,15,16,17). The molecular weight excluding hydrogens is 240 g/mol. The van der Waals surface area contributed by atoms with Gasteiger partial charge in [0.25, 0.3) is 5.91 Å². The van der Waals surface area contributed by atoms with Gasteiger partial charge >= 0.3 is 0 Å². The number of hydrogen-bond acceptors (Lipinski definition) is 4. The maximum atomic E-state index is 11.8. The van der Waals surface area contributed by atoms with Gasteiger partial charge in [-0.3, -0.25) is 14.8 Å². The van der Waals surface area contributed by atoms with Gasteiger partial charge in [0, 0.05) is 17.5 Å². The van der Waals surface area contributed by atoms with Gasteiger partial charge in [0.2, 0.25) is 0 Å². The zero-order chi connectivity index (χ0) is 12.3. The number of carbonyl (C=O) groups excluding carboxylic acids is 1. The summed E-state index contributed by atoms with van der Waals surface area (Å²) in [6.07, 6.45) is 4.40. The quantitative estimate of drug-likeness (QED) is 0.884. The lowest BCUT2D eigenvalue weighted by molar-refractivity contribution is 0.102. The van der Waals surface area contributed by atoms with Crippen molar-refractivity contribution in [2.75, 3.05) is 5.32 Å². The molecule has 0 atom stereocenters. The molecule has 0 fully saturated rings. The first kappa shape index (κ1) is 11.5. The lowest BCUT2D eigenvalue weighted by atomic mass is 10.2. The van der Waals surface area contributed by atoms with Gasteiger partial charge in [0.1, 0.15) is 5.15 Å². The highest BCUT2D eigenvalue weighted by molar-refractivity contribution is 6.29. The molecule has 0 bridgehead atoms. The van der Waals surface area contributed by atoms with Crippen LogP contribution in [0, 0.1) is 6.92 Å². The average molecular weight is 249 g/mol. The van der Waals surface area contributed by atoms with Crippen LogP contribution in [0.5, 0.6) is 0 Å². The second-order valence-corrected chi connectivity index (χ2v) is 3.75. The molecule has 2 rings (SSSR count). The first-order chi connectivity index (χ1) is 8.15. The molecule has 86 valence electrons. The normalized spacial score (nSPS) is 10.0. The molecule has 1 N–H and O–H groups in total. The number of rotatable bonds is 2. The smallest absolute Gasteiger partial charge is 0.256 e. The van der Waals surface area contributed by atoms with Gasteiger partial charge in [-0.05, 0) is 19.1 Å². The first-order valence-electron chi connectivity index (χ1n) is 4.87. The molecule has 0 aliphatic carbocycles. The Labute approximate surface area is 103 Å². The molecule has 6 heteroatoms. The van der Waals surface area contributed by atoms with Crippen LogP contribution in [0.15, 0.2) is 30.7 Å². The zero-order valence-electron chi connectivity index (χ0n) is 9.01. The largest absolute Gasteiger partial charge is 0.305 e. The number of aryl methyl sites for hydroxylation is 1. The van der Waals surface area contributed by atoms with Crippen LogP contribution in [0.2, 0.25) is 5.15 Å². The maximum absolute atomic E-state index is 11.8. The summed E-state index contributed by atoms with van der Waals surface area (Å²) < 4.78 is 0. The van der Waals surface area contributed by atoms with E-state index in [-0.39, 0.29) is 11.1 Å². The molecule has 0 aromatic carbocycles. The molecular formula is C11H9ClN4O. The topological polar surface area (TPSA) is 67.8 Å². The fourth-order valence-corrected chi connectivity index (χ4v) is 1.43. The minimum atomic E-state index is -0.271. The number of aromatic nitrogens is 3. The third-order valence-electron chi connectivity index (χ3n) is 2.01. The number of anilines is 1.